The molecule has 0 radical (unpaired) electrons. The molecule has 1 fully saturated rings. The van der Waals surface area contributed by atoms with Gasteiger partial charge in [-0.05, 0) is 13.0 Å². The monoisotopic (exact) mass is 274 g/mol. The number of unbranched alkanes of at least 4 members (excludes halogenated alkanes) is 3. The predicted molar refractivity (Wildman–Crippen MR) is 71.6 cm³/mol. The van der Waals surface area contributed by atoms with E-state index in [-0.39, 0.29) is 12.5 Å². The average molecular weight is 274 g/mol. The lowest BCUT2D eigenvalue weighted by molar-refractivity contribution is -0.128. The van der Waals surface area contributed by atoms with Crippen LogP contribution in [0.2, 0.25) is 0 Å². The van der Waals surface area contributed by atoms with Crippen LogP contribution in [0.25, 0.3) is 0 Å². The van der Waals surface area contributed by atoms with E-state index in [1.807, 2.05) is 0 Å². The van der Waals surface area contributed by atoms with E-state index >= 15 is 0 Å². The van der Waals surface area contributed by atoms with Crippen LogP contribution in [0.4, 0.5) is 0 Å². The fourth-order valence-electron chi connectivity index (χ4n) is 2.71. The molecule has 0 aliphatic carbocycles. The fraction of sp³-hybridized carbons (Fsp3) is 0.923. The Morgan fingerprint density at radius 1 is 1.21 bits per heavy atom. The smallest absolute Gasteiger partial charge is 0.239 e. The summed E-state index contributed by atoms with van der Waals surface area (Å²) in [6.07, 6.45) is 1.93. The van der Waals surface area contributed by atoms with Crippen molar-refractivity contribution in [2.75, 3.05) is 20.2 Å². The van der Waals surface area contributed by atoms with Gasteiger partial charge >= 0.3 is 0 Å². The van der Waals surface area contributed by atoms with Crippen molar-refractivity contribution < 1.29 is 20.1 Å². The van der Waals surface area contributed by atoms with Gasteiger partial charge in [-0.3, -0.25) is 9.69 Å². The number of likely N-dealkylation sites (tertiary alicyclic amines) is 1. The topological polar surface area (TPSA) is 93.0 Å². The molecule has 0 aromatic rings. The second-order valence-corrected chi connectivity index (χ2v) is 5.09. The zero-order valence-corrected chi connectivity index (χ0v) is 11.7. The number of rotatable bonds is 7. The Labute approximate surface area is 114 Å². The lowest BCUT2D eigenvalue weighted by Crippen LogP contribution is -2.49. The number of carbonyl (C=O) groups excluding carboxylic acids is 1. The second kappa shape index (κ2) is 7.79. The summed E-state index contributed by atoms with van der Waals surface area (Å²) in [6.45, 7) is 2.45. The van der Waals surface area contributed by atoms with Crippen LogP contribution < -0.4 is 5.32 Å². The van der Waals surface area contributed by atoms with Gasteiger partial charge in [0.25, 0.3) is 0 Å². The van der Waals surface area contributed by atoms with E-state index in [9.17, 15) is 20.1 Å². The summed E-state index contributed by atoms with van der Waals surface area (Å²) in [6, 6.07) is -1.35. The van der Waals surface area contributed by atoms with Crippen LogP contribution in [-0.2, 0) is 4.79 Å². The highest BCUT2D eigenvalue weighted by Gasteiger charge is 2.49. The number of hydrogen-bond donors (Lipinski definition) is 4. The van der Waals surface area contributed by atoms with Crippen molar-refractivity contribution >= 4 is 5.91 Å². The number of likely N-dealkylation sites (N-methyl/N-ethyl adjacent to an activating group) is 1. The van der Waals surface area contributed by atoms with Gasteiger partial charge in [-0.15, -0.1) is 0 Å². The quantitative estimate of drug-likeness (QED) is 0.451. The van der Waals surface area contributed by atoms with Gasteiger partial charge in [0.15, 0.2) is 0 Å². The summed E-state index contributed by atoms with van der Waals surface area (Å²) in [5.41, 5.74) is 0. The van der Waals surface area contributed by atoms with Crippen molar-refractivity contribution in [1.29, 1.82) is 0 Å². The van der Waals surface area contributed by atoms with E-state index in [1.165, 1.54) is 7.05 Å². The molecule has 1 aliphatic rings. The van der Waals surface area contributed by atoms with Gasteiger partial charge in [-0.25, -0.2) is 0 Å². The van der Waals surface area contributed by atoms with E-state index < -0.39 is 24.3 Å². The summed E-state index contributed by atoms with van der Waals surface area (Å²) in [7, 11) is 1.50. The second-order valence-electron chi connectivity index (χ2n) is 5.09. The molecule has 0 saturated carbocycles. The Hall–Kier alpha value is -0.690. The van der Waals surface area contributed by atoms with E-state index in [4.69, 9.17) is 0 Å². The molecule has 4 atom stereocenters. The van der Waals surface area contributed by atoms with Gasteiger partial charge in [-0.2, -0.15) is 0 Å². The minimum Gasteiger partial charge on any atom is -0.395 e. The maximum Gasteiger partial charge on any atom is 0.239 e. The summed E-state index contributed by atoms with van der Waals surface area (Å²) in [4.78, 5) is 13.6. The van der Waals surface area contributed by atoms with E-state index in [1.54, 1.807) is 4.90 Å². The number of nitrogens with zero attached hydrogens (tertiary/aromatic N) is 1. The van der Waals surface area contributed by atoms with Gasteiger partial charge in [0.05, 0.1) is 18.8 Å². The zero-order chi connectivity index (χ0) is 14.4. The standard InChI is InChI=1S/C13H26N2O4/c1-3-4-5-6-7-15-9(8-16)11(17)12(18)10(15)13(19)14-2/h9-12,16-18H,3-8H2,1-2H3,(H,14,19)/t9-,10+,11-,12+/m1/s1. The summed E-state index contributed by atoms with van der Waals surface area (Å²) < 4.78 is 0. The van der Waals surface area contributed by atoms with Gasteiger partial charge < -0.3 is 20.6 Å². The number of amides is 1. The minimum atomic E-state index is -1.15. The average Bonchev–Trinajstić information content (AvgIpc) is 2.66. The lowest BCUT2D eigenvalue weighted by atomic mass is 10.1. The number of carbonyl (C=O) groups is 1. The molecule has 1 rings (SSSR count). The fourth-order valence-corrected chi connectivity index (χ4v) is 2.71. The molecule has 0 aromatic heterocycles. The molecule has 1 amide bonds. The normalized spacial score (nSPS) is 31.6. The van der Waals surface area contributed by atoms with Crippen LogP contribution in [0.1, 0.15) is 32.6 Å². The Morgan fingerprint density at radius 2 is 1.89 bits per heavy atom. The molecule has 4 N–H and O–H groups in total. The van der Waals surface area contributed by atoms with Gasteiger partial charge in [0.2, 0.25) is 5.91 Å². The first-order chi connectivity index (χ1) is 9.08. The molecule has 6 nitrogen and oxygen atoms in total. The largest absolute Gasteiger partial charge is 0.395 e. The maximum atomic E-state index is 11.8. The summed E-state index contributed by atoms with van der Waals surface area (Å²) >= 11 is 0. The van der Waals surface area contributed by atoms with Gasteiger partial charge in [-0.1, -0.05) is 26.2 Å². The molecule has 1 saturated heterocycles. The third-order valence-corrected chi connectivity index (χ3v) is 3.82. The highest BCUT2D eigenvalue weighted by molar-refractivity contribution is 5.82. The van der Waals surface area contributed by atoms with Gasteiger partial charge in [0.1, 0.15) is 12.1 Å². The van der Waals surface area contributed by atoms with Crippen molar-refractivity contribution in [3.63, 3.8) is 0 Å². The molecule has 19 heavy (non-hydrogen) atoms. The first kappa shape index (κ1) is 16.4. The highest BCUT2D eigenvalue weighted by Crippen LogP contribution is 2.26. The third kappa shape index (κ3) is 3.66. The van der Waals surface area contributed by atoms with Crippen LogP contribution in [0.3, 0.4) is 0 Å². The highest BCUT2D eigenvalue weighted by atomic mass is 16.3. The molecular weight excluding hydrogens is 248 g/mol. The van der Waals surface area contributed by atoms with Crippen LogP contribution in [0.5, 0.6) is 0 Å². The minimum absolute atomic E-state index is 0.264. The van der Waals surface area contributed by atoms with E-state index in [0.29, 0.717) is 6.54 Å². The van der Waals surface area contributed by atoms with Crippen LogP contribution in [-0.4, -0.2) is 70.6 Å². The molecule has 0 unspecified atom stereocenters. The number of aliphatic hydroxyl groups is 3. The number of nitrogens with one attached hydrogen (secondary N) is 1. The van der Waals surface area contributed by atoms with Crippen molar-refractivity contribution in [1.82, 2.24) is 10.2 Å². The Bertz CT molecular complexity index is 288. The molecular formula is C13H26N2O4. The maximum absolute atomic E-state index is 11.8. The zero-order valence-electron chi connectivity index (χ0n) is 11.7. The van der Waals surface area contributed by atoms with Crippen LogP contribution in [0, 0.1) is 0 Å². The molecule has 6 heteroatoms. The first-order valence-corrected chi connectivity index (χ1v) is 7.02. The summed E-state index contributed by atoms with van der Waals surface area (Å²) in [5.74, 6) is -0.321. The molecule has 1 heterocycles. The Morgan fingerprint density at radius 3 is 2.42 bits per heavy atom. The SMILES string of the molecule is CCCCCCN1[C@H](CO)[C@@H](O)[C@@H](O)[C@H]1C(=O)NC. The van der Waals surface area contributed by atoms with Crippen LogP contribution >= 0.6 is 0 Å². The third-order valence-electron chi connectivity index (χ3n) is 3.82. The number of hydrogen-bond acceptors (Lipinski definition) is 5. The van der Waals surface area contributed by atoms with Crippen molar-refractivity contribution in [2.45, 2.75) is 56.9 Å². The van der Waals surface area contributed by atoms with E-state index in [0.717, 1.165) is 25.7 Å². The van der Waals surface area contributed by atoms with Gasteiger partial charge in [0, 0.05) is 7.05 Å². The van der Waals surface area contributed by atoms with E-state index in [2.05, 4.69) is 12.2 Å². The van der Waals surface area contributed by atoms with Crippen molar-refractivity contribution in [2.24, 2.45) is 0 Å². The summed E-state index contributed by atoms with van der Waals surface area (Å²) in [5, 5.41) is 31.7. The van der Waals surface area contributed by atoms with Crippen molar-refractivity contribution in [3.8, 4) is 0 Å². The Kier molecular flexibility index (Phi) is 6.71. The molecule has 1 aliphatic heterocycles. The lowest BCUT2D eigenvalue weighted by Gasteiger charge is -2.28. The predicted octanol–water partition coefficient (Wildman–Crippen LogP) is -0.920. The first-order valence-electron chi connectivity index (χ1n) is 7.02. The molecule has 0 aromatic carbocycles. The molecule has 0 spiro atoms. The molecule has 0 bridgehead atoms. The Balaban J connectivity index is 2.71. The number of aliphatic hydroxyl groups excluding tert-OH is 3. The van der Waals surface area contributed by atoms with Crippen LogP contribution in [0.15, 0.2) is 0 Å². The van der Waals surface area contributed by atoms with Crippen molar-refractivity contribution in [3.05, 3.63) is 0 Å². The molecule has 112 valence electrons.